The summed E-state index contributed by atoms with van der Waals surface area (Å²) in [6, 6.07) is 6.36. The van der Waals surface area contributed by atoms with Gasteiger partial charge in [-0.15, -0.1) is 0 Å². The molecule has 160 valence electrons. The second kappa shape index (κ2) is 8.47. The highest BCUT2D eigenvalue weighted by Gasteiger charge is 2.21. The smallest absolute Gasteiger partial charge is 0.225 e. The summed E-state index contributed by atoms with van der Waals surface area (Å²) in [6.45, 7) is 6.56. The first kappa shape index (κ1) is 20.4. The Kier molecular flexibility index (Phi) is 5.76. The maximum absolute atomic E-state index is 10.3. The lowest BCUT2D eigenvalue weighted by molar-refractivity contribution is 0.410. The number of aromatic hydroxyl groups is 1. The molecule has 1 aliphatic carbocycles. The van der Waals surface area contributed by atoms with E-state index in [1.165, 1.54) is 0 Å². The molecule has 1 saturated carbocycles. The van der Waals surface area contributed by atoms with Crippen LogP contribution in [-0.2, 0) is 6.54 Å². The number of aryl methyl sites for hydroxylation is 1. The number of hydrogen-bond donors (Lipinski definition) is 5. The van der Waals surface area contributed by atoms with E-state index in [9.17, 15) is 5.11 Å². The number of nitrogens with zero attached hydrogens (tertiary/aromatic N) is 3. The van der Waals surface area contributed by atoms with Crippen molar-refractivity contribution in [3.8, 4) is 5.75 Å². The monoisotopic (exact) mass is 409 g/mol. The number of anilines is 2. The molecule has 4 rings (SSSR count). The van der Waals surface area contributed by atoms with Crippen molar-refractivity contribution < 1.29 is 5.11 Å². The van der Waals surface area contributed by atoms with Crippen LogP contribution in [0.15, 0.2) is 18.2 Å². The van der Waals surface area contributed by atoms with Gasteiger partial charge >= 0.3 is 0 Å². The largest absolute Gasteiger partial charge is 0.507 e. The number of nitrogens with one attached hydrogen (secondary N) is 3. The summed E-state index contributed by atoms with van der Waals surface area (Å²) in [5.41, 5.74) is 10.2. The molecule has 0 saturated heterocycles. The van der Waals surface area contributed by atoms with Gasteiger partial charge in [0.05, 0.1) is 5.69 Å². The minimum atomic E-state index is 0.263. The van der Waals surface area contributed by atoms with Gasteiger partial charge in [-0.2, -0.15) is 10.1 Å². The van der Waals surface area contributed by atoms with E-state index < -0.39 is 0 Å². The second-order valence-electron chi connectivity index (χ2n) is 8.58. The third-order valence-electron chi connectivity index (χ3n) is 5.88. The van der Waals surface area contributed by atoms with Crippen molar-refractivity contribution in [2.24, 2.45) is 5.73 Å². The first-order chi connectivity index (χ1) is 14.4. The predicted molar refractivity (Wildman–Crippen MR) is 120 cm³/mol. The Morgan fingerprint density at radius 1 is 1.17 bits per heavy atom. The molecule has 0 bridgehead atoms. The number of phenolic OH excluding ortho intramolecular Hbond substituents is 1. The van der Waals surface area contributed by atoms with Gasteiger partial charge in [0, 0.05) is 24.2 Å². The lowest BCUT2D eigenvalue weighted by Gasteiger charge is -2.26. The summed E-state index contributed by atoms with van der Waals surface area (Å²) in [7, 11) is 0. The van der Waals surface area contributed by atoms with Crippen molar-refractivity contribution >= 4 is 22.8 Å². The van der Waals surface area contributed by atoms with Crippen LogP contribution in [0.2, 0.25) is 0 Å². The van der Waals surface area contributed by atoms with Crippen LogP contribution in [0.5, 0.6) is 5.75 Å². The molecule has 0 amide bonds. The molecule has 0 atom stereocenters. The van der Waals surface area contributed by atoms with E-state index in [1.54, 1.807) is 0 Å². The molecular formula is C22H31N7O. The zero-order chi connectivity index (χ0) is 21.3. The number of aromatic nitrogens is 4. The van der Waals surface area contributed by atoms with Crippen LogP contribution in [0, 0.1) is 6.92 Å². The quantitative estimate of drug-likeness (QED) is 0.419. The van der Waals surface area contributed by atoms with Crippen LogP contribution in [0.3, 0.4) is 0 Å². The van der Waals surface area contributed by atoms with Crippen LogP contribution in [-0.4, -0.2) is 37.4 Å². The number of H-pyrrole nitrogens is 1. The van der Waals surface area contributed by atoms with E-state index in [-0.39, 0.29) is 5.92 Å². The van der Waals surface area contributed by atoms with E-state index in [0.29, 0.717) is 41.7 Å². The molecule has 0 unspecified atom stereocenters. The lowest BCUT2D eigenvalue weighted by atomic mass is 9.92. The number of hydrogen-bond acceptors (Lipinski definition) is 7. The van der Waals surface area contributed by atoms with Crippen LogP contribution >= 0.6 is 0 Å². The molecule has 2 heterocycles. The molecule has 1 aliphatic rings. The van der Waals surface area contributed by atoms with E-state index in [2.05, 4.69) is 34.7 Å². The van der Waals surface area contributed by atoms with Crippen molar-refractivity contribution in [3.05, 3.63) is 35.0 Å². The van der Waals surface area contributed by atoms with E-state index in [1.807, 2.05) is 25.1 Å². The van der Waals surface area contributed by atoms with Gasteiger partial charge in [0.1, 0.15) is 11.3 Å². The molecule has 1 fully saturated rings. The highest BCUT2D eigenvalue weighted by Crippen LogP contribution is 2.29. The second-order valence-corrected chi connectivity index (χ2v) is 8.58. The van der Waals surface area contributed by atoms with Gasteiger partial charge in [0.2, 0.25) is 5.95 Å². The van der Waals surface area contributed by atoms with Crippen LogP contribution in [0.4, 0.5) is 11.8 Å². The fourth-order valence-electron chi connectivity index (χ4n) is 4.00. The fourth-order valence-corrected chi connectivity index (χ4v) is 4.00. The maximum Gasteiger partial charge on any atom is 0.225 e. The zero-order valence-electron chi connectivity index (χ0n) is 17.9. The SMILES string of the molecule is Cc1cccc(CNc2nc(NC3CCC(N)CC3)nc3c(C(C)C)[nH]nc23)c1O. The first-order valence-corrected chi connectivity index (χ1v) is 10.7. The molecule has 0 spiro atoms. The third kappa shape index (κ3) is 4.18. The van der Waals surface area contributed by atoms with Gasteiger partial charge in [-0.1, -0.05) is 32.0 Å². The number of rotatable bonds is 6. The summed E-state index contributed by atoms with van der Waals surface area (Å²) in [4.78, 5) is 9.51. The van der Waals surface area contributed by atoms with E-state index >= 15 is 0 Å². The molecule has 8 nitrogen and oxygen atoms in total. The Bertz CT molecular complexity index is 1020. The van der Waals surface area contributed by atoms with Crippen molar-refractivity contribution in [1.82, 2.24) is 20.2 Å². The average molecular weight is 410 g/mol. The van der Waals surface area contributed by atoms with Crippen LogP contribution < -0.4 is 16.4 Å². The van der Waals surface area contributed by atoms with Gasteiger partial charge in [-0.25, -0.2) is 4.98 Å². The number of aromatic amines is 1. The molecular weight excluding hydrogens is 378 g/mol. The number of nitrogens with two attached hydrogens (primary N) is 1. The Balaban J connectivity index is 1.64. The molecule has 2 aromatic heterocycles. The van der Waals surface area contributed by atoms with Gasteiger partial charge in [-0.3, -0.25) is 5.10 Å². The first-order valence-electron chi connectivity index (χ1n) is 10.7. The highest BCUT2D eigenvalue weighted by molar-refractivity contribution is 5.88. The van der Waals surface area contributed by atoms with Gasteiger partial charge in [-0.05, 0) is 44.1 Å². The van der Waals surface area contributed by atoms with Gasteiger partial charge < -0.3 is 21.5 Å². The molecule has 3 aromatic rings. The topological polar surface area (TPSA) is 125 Å². The zero-order valence-corrected chi connectivity index (χ0v) is 17.9. The molecule has 0 radical (unpaired) electrons. The highest BCUT2D eigenvalue weighted by atomic mass is 16.3. The van der Waals surface area contributed by atoms with Crippen molar-refractivity contribution in [1.29, 1.82) is 0 Å². The van der Waals surface area contributed by atoms with Gasteiger partial charge in [0.15, 0.2) is 11.3 Å². The number of fused-ring (bicyclic) bond motifs is 1. The molecule has 6 N–H and O–H groups in total. The summed E-state index contributed by atoms with van der Waals surface area (Å²) < 4.78 is 0. The Labute approximate surface area is 176 Å². The van der Waals surface area contributed by atoms with Crippen molar-refractivity contribution in [3.63, 3.8) is 0 Å². The number of phenols is 1. The van der Waals surface area contributed by atoms with E-state index in [4.69, 9.17) is 15.7 Å². The average Bonchev–Trinajstić information content (AvgIpc) is 3.15. The minimum Gasteiger partial charge on any atom is -0.507 e. The minimum absolute atomic E-state index is 0.263. The number of benzene rings is 1. The lowest BCUT2D eigenvalue weighted by Crippen LogP contribution is -2.33. The standard InChI is InChI=1S/C22H31N7O/c1-12(2)17-18-19(29-28-17)21(24-11-14-6-4-5-13(3)20(14)30)27-22(26-18)25-16-9-7-15(23)8-10-16/h4-6,12,15-16,30H,7-11,23H2,1-3H3,(H,28,29)(H2,24,25,26,27). The van der Waals surface area contributed by atoms with Crippen LogP contribution in [0.25, 0.3) is 11.0 Å². The molecule has 1 aromatic carbocycles. The Morgan fingerprint density at radius 2 is 1.93 bits per heavy atom. The third-order valence-corrected chi connectivity index (χ3v) is 5.88. The Morgan fingerprint density at radius 3 is 2.67 bits per heavy atom. The molecule has 8 heteroatoms. The predicted octanol–water partition coefficient (Wildman–Crippen LogP) is 3.78. The summed E-state index contributed by atoms with van der Waals surface area (Å²) in [5, 5.41) is 24.8. The normalized spacial score (nSPS) is 19.4. The summed E-state index contributed by atoms with van der Waals surface area (Å²) in [5.74, 6) is 1.82. The summed E-state index contributed by atoms with van der Waals surface area (Å²) >= 11 is 0. The number of para-hydroxylation sites is 1. The molecule has 30 heavy (non-hydrogen) atoms. The van der Waals surface area contributed by atoms with Crippen molar-refractivity contribution in [2.75, 3.05) is 10.6 Å². The van der Waals surface area contributed by atoms with Crippen molar-refractivity contribution in [2.45, 2.75) is 71.0 Å². The van der Waals surface area contributed by atoms with E-state index in [0.717, 1.165) is 48.0 Å². The Hall–Kier alpha value is -2.87. The maximum atomic E-state index is 10.3. The van der Waals surface area contributed by atoms with Crippen LogP contribution in [0.1, 0.15) is 62.3 Å². The summed E-state index contributed by atoms with van der Waals surface area (Å²) in [6.07, 6.45) is 4.07. The van der Waals surface area contributed by atoms with Gasteiger partial charge in [0.25, 0.3) is 0 Å². The molecule has 0 aliphatic heterocycles. The fraction of sp³-hybridized carbons (Fsp3) is 0.500.